The van der Waals surface area contributed by atoms with Crippen molar-refractivity contribution in [1.29, 1.82) is 0 Å². The van der Waals surface area contributed by atoms with Gasteiger partial charge in [-0.15, -0.1) is 0 Å². The summed E-state index contributed by atoms with van der Waals surface area (Å²) >= 11 is 0. The second-order valence-electron chi connectivity index (χ2n) is 5.42. The first-order valence-corrected chi connectivity index (χ1v) is 6.92. The minimum absolute atomic E-state index is 0.391. The summed E-state index contributed by atoms with van der Waals surface area (Å²) < 4.78 is 0. The van der Waals surface area contributed by atoms with Gasteiger partial charge in [-0.05, 0) is 45.2 Å². The van der Waals surface area contributed by atoms with Crippen LogP contribution in [0.15, 0.2) is 6.07 Å². The standard InChI is InChI=1S/C14H21N3/c1-10-9-13(11-5-4-6-11)17-14(16-10)12-7-2-3-8-15-12/h9,11-12,15H,2-8H2,1H3. The van der Waals surface area contributed by atoms with Crippen LogP contribution in [-0.4, -0.2) is 16.5 Å². The molecule has 2 aliphatic rings. The van der Waals surface area contributed by atoms with Crippen LogP contribution in [0.2, 0.25) is 0 Å². The van der Waals surface area contributed by atoms with Crippen LogP contribution in [0.3, 0.4) is 0 Å². The number of aromatic nitrogens is 2. The highest BCUT2D eigenvalue weighted by atomic mass is 15.0. The predicted octanol–water partition coefficient (Wildman–Crippen LogP) is 2.87. The van der Waals surface area contributed by atoms with Crippen LogP contribution in [0, 0.1) is 6.92 Å². The summed E-state index contributed by atoms with van der Waals surface area (Å²) in [6.45, 7) is 3.21. The molecule has 1 unspecified atom stereocenters. The smallest absolute Gasteiger partial charge is 0.145 e. The van der Waals surface area contributed by atoms with Gasteiger partial charge in [-0.2, -0.15) is 0 Å². The molecular formula is C14H21N3. The third-order valence-electron chi connectivity index (χ3n) is 4.04. The van der Waals surface area contributed by atoms with Crippen molar-refractivity contribution in [3.05, 3.63) is 23.3 Å². The summed E-state index contributed by atoms with van der Waals surface area (Å²) in [5, 5.41) is 3.54. The zero-order valence-corrected chi connectivity index (χ0v) is 10.6. The molecule has 0 spiro atoms. The first kappa shape index (κ1) is 11.1. The maximum atomic E-state index is 4.81. The van der Waals surface area contributed by atoms with Gasteiger partial charge in [0.2, 0.25) is 0 Å². The molecule has 1 aliphatic heterocycles. The van der Waals surface area contributed by atoms with Gasteiger partial charge < -0.3 is 5.32 Å². The molecule has 17 heavy (non-hydrogen) atoms. The van der Waals surface area contributed by atoms with E-state index in [-0.39, 0.29) is 0 Å². The van der Waals surface area contributed by atoms with Crippen molar-refractivity contribution in [3.63, 3.8) is 0 Å². The molecule has 0 amide bonds. The normalized spacial score (nSPS) is 25.6. The molecule has 1 aromatic heterocycles. The number of piperidine rings is 1. The van der Waals surface area contributed by atoms with Gasteiger partial charge >= 0.3 is 0 Å². The van der Waals surface area contributed by atoms with E-state index in [0.717, 1.165) is 18.1 Å². The zero-order valence-electron chi connectivity index (χ0n) is 10.6. The number of hydrogen-bond donors (Lipinski definition) is 1. The minimum atomic E-state index is 0.391. The fourth-order valence-corrected chi connectivity index (χ4v) is 2.76. The lowest BCUT2D eigenvalue weighted by atomic mass is 9.82. The molecule has 0 radical (unpaired) electrons. The van der Waals surface area contributed by atoms with Crippen LogP contribution in [0.1, 0.15) is 67.7 Å². The number of aryl methyl sites for hydroxylation is 1. The Kier molecular flexibility index (Phi) is 3.10. The van der Waals surface area contributed by atoms with Crippen molar-refractivity contribution in [3.8, 4) is 0 Å². The molecule has 1 atom stereocenters. The van der Waals surface area contributed by atoms with Crippen LogP contribution in [0.25, 0.3) is 0 Å². The van der Waals surface area contributed by atoms with E-state index in [1.54, 1.807) is 0 Å². The molecule has 1 N–H and O–H groups in total. The van der Waals surface area contributed by atoms with Crippen LogP contribution in [0.5, 0.6) is 0 Å². The molecule has 3 nitrogen and oxygen atoms in total. The fourth-order valence-electron chi connectivity index (χ4n) is 2.76. The van der Waals surface area contributed by atoms with E-state index in [2.05, 4.69) is 23.3 Å². The Hall–Kier alpha value is -0.960. The van der Waals surface area contributed by atoms with Crippen molar-refractivity contribution in [2.75, 3.05) is 6.54 Å². The first-order valence-electron chi connectivity index (χ1n) is 6.92. The summed E-state index contributed by atoms with van der Waals surface area (Å²) in [4.78, 5) is 9.43. The van der Waals surface area contributed by atoms with E-state index in [1.165, 1.54) is 44.2 Å². The minimum Gasteiger partial charge on any atom is -0.307 e. The first-order chi connectivity index (χ1) is 8.33. The van der Waals surface area contributed by atoms with E-state index in [1.807, 2.05) is 0 Å². The van der Waals surface area contributed by atoms with E-state index in [9.17, 15) is 0 Å². The molecule has 1 saturated carbocycles. The second kappa shape index (κ2) is 4.73. The number of hydrogen-bond acceptors (Lipinski definition) is 3. The SMILES string of the molecule is Cc1cc(C2CCC2)nc(C2CCCCN2)n1. The molecule has 0 bridgehead atoms. The molecule has 92 valence electrons. The summed E-state index contributed by atoms with van der Waals surface area (Å²) in [5.41, 5.74) is 2.41. The predicted molar refractivity (Wildman–Crippen MR) is 68.0 cm³/mol. The second-order valence-corrected chi connectivity index (χ2v) is 5.42. The number of nitrogens with zero attached hydrogens (tertiary/aromatic N) is 2. The third kappa shape index (κ3) is 2.34. The van der Waals surface area contributed by atoms with Gasteiger partial charge in [0, 0.05) is 17.3 Å². The lowest BCUT2D eigenvalue weighted by molar-refractivity contribution is 0.383. The molecule has 1 saturated heterocycles. The largest absolute Gasteiger partial charge is 0.307 e. The lowest BCUT2D eigenvalue weighted by Crippen LogP contribution is -2.29. The highest BCUT2D eigenvalue weighted by Crippen LogP contribution is 2.36. The highest BCUT2D eigenvalue weighted by Gasteiger charge is 2.24. The van der Waals surface area contributed by atoms with Crippen LogP contribution in [0.4, 0.5) is 0 Å². The molecular weight excluding hydrogens is 210 g/mol. The lowest BCUT2D eigenvalue weighted by Gasteiger charge is -2.27. The van der Waals surface area contributed by atoms with Gasteiger partial charge in [0.15, 0.2) is 0 Å². The third-order valence-corrected chi connectivity index (χ3v) is 4.04. The van der Waals surface area contributed by atoms with Gasteiger partial charge in [-0.1, -0.05) is 12.8 Å². The zero-order chi connectivity index (χ0) is 11.7. The van der Waals surface area contributed by atoms with Crippen molar-refractivity contribution < 1.29 is 0 Å². The van der Waals surface area contributed by atoms with Crippen molar-refractivity contribution in [1.82, 2.24) is 15.3 Å². The van der Waals surface area contributed by atoms with Crippen molar-refractivity contribution in [2.45, 2.75) is 57.4 Å². The molecule has 3 rings (SSSR count). The Labute approximate surface area is 103 Å². The average Bonchev–Trinajstić information content (AvgIpc) is 2.27. The number of rotatable bonds is 2. The van der Waals surface area contributed by atoms with Crippen LogP contribution >= 0.6 is 0 Å². The molecule has 2 fully saturated rings. The molecule has 1 aromatic rings. The quantitative estimate of drug-likeness (QED) is 0.850. The van der Waals surface area contributed by atoms with E-state index in [4.69, 9.17) is 4.98 Å². The van der Waals surface area contributed by atoms with Crippen LogP contribution < -0.4 is 5.32 Å². The molecule has 2 heterocycles. The summed E-state index contributed by atoms with van der Waals surface area (Å²) in [6.07, 6.45) is 7.77. The molecule has 1 aliphatic carbocycles. The fraction of sp³-hybridized carbons (Fsp3) is 0.714. The molecule has 0 aromatic carbocycles. The Balaban J connectivity index is 1.84. The average molecular weight is 231 g/mol. The van der Waals surface area contributed by atoms with Gasteiger partial charge in [0.25, 0.3) is 0 Å². The van der Waals surface area contributed by atoms with Crippen LogP contribution in [-0.2, 0) is 0 Å². The van der Waals surface area contributed by atoms with Crippen molar-refractivity contribution in [2.24, 2.45) is 0 Å². The Morgan fingerprint density at radius 3 is 2.65 bits per heavy atom. The van der Waals surface area contributed by atoms with Gasteiger partial charge in [0.05, 0.1) is 6.04 Å². The maximum Gasteiger partial charge on any atom is 0.145 e. The topological polar surface area (TPSA) is 37.8 Å². The Morgan fingerprint density at radius 1 is 1.12 bits per heavy atom. The van der Waals surface area contributed by atoms with Gasteiger partial charge in [0.1, 0.15) is 5.82 Å². The number of nitrogens with one attached hydrogen (secondary N) is 1. The summed E-state index contributed by atoms with van der Waals surface area (Å²) in [7, 11) is 0. The monoisotopic (exact) mass is 231 g/mol. The Morgan fingerprint density at radius 2 is 2.00 bits per heavy atom. The van der Waals surface area contributed by atoms with Gasteiger partial charge in [-0.3, -0.25) is 0 Å². The van der Waals surface area contributed by atoms with E-state index >= 15 is 0 Å². The summed E-state index contributed by atoms with van der Waals surface area (Å²) in [6, 6.07) is 2.57. The maximum absolute atomic E-state index is 4.81. The Bertz CT molecular complexity index is 392. The van der Waals surface area contributed by atoms with E-state index < -0.39 is 0 Å². The van der Waals surface area contributed by atoms with Gasteiger partial charge in [-0.25, -0.2) is 9.97 Å². The highest BCUT2D eigenvalue weighted by molar-refractivity contribution is 5.17. The van der Waals surface area contributed by atoms with Crippen molar-refractivity contribution >= 4 is 0 Å². The molecule has 3 heteroatoms. The van der Waals surface area contributed by atoms with E-state index in [0.29, 0.717) is 12.0 Å². The summed E-state index contributed by atoms with van der Waals surface area (Å²) in [5.74, 6) is 1.74.